The molecule has 2 aromatic carbocycles. The van der Waals surface area contributed by atoms with Gasteiger partial charge in [0.1, 0.15) is 18.5 Å². The summed E-state index contributed by atoms with van der Waals surface area (Å²) >= 11 is 0. The summed E-state index contributed by atoms with van der Waals surface area (Å²) in [5, 5.41) is 20.2. The molecule has 2 aromatic rings. The molecule has 1 fully saturated rings. The molecule has 0 aliphatic carbocycles. The smallest absolute Gasteiger partial charge is 0.433 e. The largest absolute Gasteiger partial charge is 0.491 e. The summed E-state index contributed by atoms with van der Waals surface area (Å²) in [7, 11) is 0. The van der Waals surface area contributed by atoms with Gasteiger partial charge in [0.25, 0.3) is 0 Å². The number of ether oxygens (including phenoxy) is 2. The summed E-state index contributed by atoms with van der Waals surface area (Å²) in [4.78, 5) is 0.658. The molecular formula is C20H15F6N3O3. The maximum absolute atomic E-state index is 13.5. The fraction of sp³-hybridized carbons (Fsp3) is 0.300. The molecular weight excluding hydrogens is 444 g/mol. The topological polar surface area (TPSA) is 78.1 Å². The maximum atomic E-state index is 13.5. The first-order valence-corrected chi connectivity index (χ1v) is 9.03. The van der Waals surface area contributed by atoms with Crippen LogP contribution in [0, 0.1) is 11.3 Å². The zero-order valence-electron chi connectivity index (χ0n) is 16.1. The average Bonchev–Trinajstić information content (AvgIpc) is 3.17. The quantitative estimate of drug-likeness (QED) is 0.307. The molecule has 6 nitrogen and oxygen atoms in total. The van der Waals surface area contributed by atoms with E-state index in [1.54, 1.807) is 12.1 Å². The average molecular weight is 459 g/mol. The van der Waals surface area contributed by atoms with Gasteiger partial charge in [-0.25, -0.2) is 0 Å². The standard InChI is InChI=1S/C20H15F6N3O3/c21-19(22,23)17-7-14(4-3-13(17)8-27)29-10-16(32-18(29)20(24,25)26)11-31-15-5-1-12(2-6-15)9-28-30/h1-7,9,16,18,30H,10-11H2/t16-,18+/m0/s1. The highest BCUT2D eigenvalue weighted by atomic mass is 19.4. The Balaban J connectivity index is 1.80. The molecule has 1 N–H and O–H groups in total. The van der Waals surface area contributed by atoms with Gasteiger partial charge in [-0.2, -0.15) is 31.6 Å². The molecule has 0 saturated carbocycles. The lowest BCUT2D eigenvalue weighted by Gasteiger charge is -2.27. The molecule has 0 amide bonds. The van der Waals surface area contributed by atoms with Crippen molar-refractivity contribution in [3.63, 3.8) is 0 Å². The van der Waals surface area contributed by atoms with Crippen molar-refractivity contribution in [1.29, 1.82) is 5.26 Å². The van der Waals surface area contributed by atoms with Crippen molar-refractivity contribution in [2.75, 3.05) is 18.1 Å². The van der Waals surface area contributed by atoms with Gasteiger partial charge in [0.15, 0.2) is 0 Å². The number of nitriles is 1. The van der Waals surface area contributed by atoms with Gasteiger partial charge in [-0.15, -0.1) is 0 Å². The van der Waals surface area contributed by atoms with Gasteiger partial charge in [0, 0.05) is 5.69 Å². The van der Waals surface area contributed by atoms with Crippen LogP contribution in [0.25, 0.3) is 0 Å². The zero-order chi connectivity index (χ0) is 23.5. The molecule has 12 heteroatoms. The Kier molecular flexibility index (Phi) is 6.50. The third-order valence-electron chi connectivity index (χ3n) is 4.57. The van der Waals surface area contributed by atoms with Crippen LogP contribution < -0.4 is 9.64 Å². The van der Waals surface area contributed by atoms with Crippen molar-refractivity contribution in [3.05, 3.63) is 59.2 Å². The second-order valence-electron chi connectivity index (χ2n) is 6.77. The number of hydrogen-bond acceptors (Lipinski definition) is 6. The molecule has 0 unspecified atom stereocenters. The van der Waals surface area contributed by atoms with Gasteiger partial charge >= 0.3 is 12.4 Å². The van der Waals surface area contributed by atoms with E-state index in [1.807, 2.05) is 0 Å². The van der Waals surface area contributed by atoms with E-state index < -0.39 is 35.8 Å². The lowest BCUT2D eigenvalue weighted by Crippen LogP contribution is -2.42. The van der Waals surface area contributed by atoms with E-state index in [0.717, 1.165) is 12.1 Å². The molecule has 3 rings (SSSR count). The Morgan fingerprint density at radius 3 is 2.41 bits per heavy atom. The highest BCUT2D eigenvalue weighted by Crippen LogP contribution is 2.39. The van der Waals surface area contributed by atoms with Gasteiger partial charge in [-0.3, -0.25) is 0 Å². The Hall–Kier alpha value is -3.46. The Labute approximate surface area is 177 Å². The number of benzene rings is 2. The van der Waals surface area contributed by atoms with E-state index in [1.165, 1.54) is 24.4 Å². The minimum absolute atomic E-state index is 0.293. The SMILES string of the molecule is N#Cc1ccc(N2C[C@@H](COc3ccc(C=NO)cc3)O[C@@H]2C(F)(F)F)cc1C(F)(F)F. The Bertz CT molecular complexity index is 1020. The van der Waals surface area contributed by atoms with E-state index in [-0.39, 0.29) is 18.8 Å². The van der Waals surface area contributed by atoms with E-state index in [2.05, 4.69) is 5.16 Å². The summed E-state index contributed by atoms with van der Waals surface area (Å²) in [6, 6.07) is 9.83. The molecule has 1 aliphatic heterocycles. The van der Waals surface area contributed by atoms with Crippen LogP contribution >= 0.6 is 0 Å². The number of nitrogens with zero attached hydrogens (tertiary/aromatic N) is 3. The fourth-order valence-corrected chi connectivity index (χ4v) is 3.15. The molecule has 1 aliphatic rings. The van der Waals surface area contributed by atoms with Crippen LogP contribution in [-0.2, 0) is 10.9 Å². The lowest BCUT2D eigenvalue weighted by atomic mass is 10.1. The summed E-state index contributed by atoms with van der Waals surface area (Å²) in [5.41, 5.74) is -1.85. The summed E-state index contributed by atoms with van der Waals surface area (Å²) in [6.45, 7) is -0.679. The zero-order valence-corrected chi connectivity index (χ0v) is 16.1. The summed E-state index contributed by atoms with van der Waals surface area (Å²) in [5.74, 6) is 0.309. The van der Waals surface area contributed by atoms with Gasteiger partial charge in [-0.05, 0) is 48.0 Å². The van der Waals surface area contributed by atoms with E-state index >= 15 is 0 Å². The van der Waals surface area contributed by atoms with Crippen molar-refractivity contribution in [3.8, 4) is 11.8 Å². The minimum Gasteiger partial charge on any atom is -0.491 e. The number of anilines is 1. The van der Waals surface area contributed by atoms with Gasteiger partial charge in [-0.1, -0.05) is 5.16 Å². The van der Waals surface area contributed by atoms with Crippen molar-refractivity contribution >= 4 is 11.9 Å². The first kappa shape index (κ1) is 23.2. The van der Waals surface area contributed by atoms with Crippen LogP contribution in [0.15, 0.2) is 47.6 Å². The van der Waals surface area contributed by atoms with Crippen molar-refractivity contribution in [2.24, 2.45) is 5.16 Å². The molecule has 32 heavy (non-hydrogen) atoms. The predicted molar refractivity (Wildman–Crippen MR) is 99.5 cm³/mol. The number of rotatable bonds is 5. The van der Waals surface area contributed by atoms with Crippen LogP contribution in [0.1, 0.15) is 16.7 Å². The number of hydrogen-bond donors (Lipinski definition) is 1. The number of halogens is 6. The Morgan fingerprint density at radius 1 is 1.16 bits per heavy atom. The van der Waals surface area contributed by atoms with Crippen LogP contribution in [0.3, 0.4) is 0 Å². The van der Waals surface area contributed by atoms with E-state index in [0.29, 0.717) is 22.3 Å². The van der Waals surface area contributed by atoms with Crippen LogP contribution in [0.5, 0.6) is 5.75 Å². The second kappa shape index (κ2) is 8.96. The van der Waals surface area contributed by atoms with Crippen molar-refractivity contribution in [2.45, 2.75) is 24.7 Å². The van der Waals surface area contributed by atoms with Crippen molar-refractivity contribution < 1.29 is 41.0 Å². The molecule has 170 valence electrons. The monoisotopic (exact) mass is 459 g/mol. The second-order valence-corrected chi connectivity index (χ2v) is 6.77. The third-order valence-corrected chi connectivity index (χ3v) is 4.57. The molecule has 1 heterocycles. The molecule has 0 spiro atoms. The van der Waals surface area contributed by atoms with Crippen LogP contribution in [0.2, 0.25) is 0 Å². The minimum atomic E-state index is -4.91. The van der Waals surface area contributed by atoms with Gasteiger partial charge < -0.3 is 19.6 Å². The maximum Gasteiger partial charge on any atom is 0.433 e. The van der Waals surface area contributed by atoms with Gasteiger partial charge in [0.2, 0.25) is 6.23 Å². The highest BCUT2D eigenvalue weighted by Gasteiger charge is 2.51. The summed E-state index contributed by atoms with van der Waals surface area (Å²) < 4.78 is 90.7. The predicted octanol–water partition coefficient (Wildman–Crippen LogP) is 4.56. The first-order valence-electron chi connectivity index (χ1n) is 9.03. The Morgan fingerprint density at radius 2 is 1.84 bits per heavy atom. The molecule has 0 radical (unpaired) electrons. The molecule has 0 aromatic heterocycles. The van der Waals surface area contributed by atoms with Crippen LogP contribution in [0.4, 0.5) is 32.0 Å². The van der Waals surface area contributed by atoms with E-state index in [4.69, 9.17) is 19.9 Å². The lowest BCUT2D eigenvalue weighted by molar-refractivity contribution is -0.215. The normalized spacial score (nSPS) is 19.3. The number of alkyl halides is 6. The molecule has 0 bridgehead atoms. The van der Waals surface area contributed by atoms with E-state index in [9.17, 15) is 26.3 Å². The van der Waals surface area contributed by atoms with Crippen LogP contribution in [-0.4, -0.2) is 43.1 Å². The summed E-state index contributed by atoms with van der Waals surface area (Å²) in [6.07, 6.45) is -12.2. The van der Waals surface area contributed by atoms with Crippen molar-refractivity contribution in [1.82, 2.24) is 0 Å². The highest BCUT2D eigenvalue weighted by molar-refractivity contribution is 5.79. The van der Waals surface area contributed by atoms with Gasteiger partial charge in [0.05, 0.1) is 30.0 Å². The number of oxime groups is 1. The third kappa shape index (κ3) is 5.23. The molecule has 1 saturated heterocycles. The first-order chi connectivity index (χ1) is 15.0. The molecule has 2 atom stereocenters. The fourth-order valence-electron chi connectivity index (χ4n) is 3.15.